The first kappa shape index (κ1) is 7.22. The molecule has 0 heterocycles. The summed E-state index contributed by atoms with van der Waals surface area (Å²) in [5.74, 6) is 0. The molecule has 6 heteroatoms. The number of rotatable bonds is 1. The number of carboxylic acid groups (broad SMARTS) is 1. The molecule has 0 aromatic carbocycles. The fourth-order valence-corrected chi connectivity index (χ4v) is 0.388. The maximum Gasteiger partial charge on any atom is 0.521 e. The van der Waals surface area contributed by atoms with Crippen LogP contribution in [0.5, 0.6) is 0 Å². The Bertz CT molecular complexity index is 177. The Hall–Kier alpha value is -0.780. The van der Waals surface area contributed by atoms with E-state index in [1.54, 1.807) is 0 Å². The minimum Gasteiger partial charge on any atom is -0.449 e. The Labute approximate surface area is 46.0 Å². The minimum atomic E-state index is -3.82. The Morgan fingerprint density at radius 2 is 2.00 bits per heavy atom. The second-order valence-electron chi connectivity index (χ2n) is 1.05. The summed E-state index contributed by atoms with van der Waals surface area (Å²) in [6.07, 6.45) is -1.16. The van der Waals surface area contributed by atoms with Crippen LogP contribution in [0.15, 0.2) is 0 Å². The van der Waals surface area contributed by atoms with E-state index < -0.39 is 16.3 Å². The summed E-state index contributed by atoms with van der Waals surface area (Å²) in [7, 11) is -3.82. The molecule has 0 atom stereocenters. The van der Waals surface area contributed by atoms with Gasteiger partial charge in [-0.3, -0.25) is 0 Å². The van der Waals surface area contributed by atoms with Gasteiger partial charge in [-0.1, -0.05) is 0 Å². The number of hydrogen-bond acceptors (Lipinski definition) is 4. The van der Waals surface area contributed by atoms with Crippen molar-refractivity contribution in [2.45, 2.75) is 0 Å². The van der Waals surface area contributed by atoms with Crippen LogP contribution in [0.25, 0.3) is 0 Å². The topological polar surface area (TPSA) is 80.7 Å². The van der Waals surface area contributed by atoms with Gasteiger partial charge >= 0.3 is 16.3 Å². The van der Waals surface area contributed by atoms with Crippen LogP contribution in [0.2, 0.25) is 0 Å². The lowest BCUT2D eigenvalue weighted by atomic mass is 11.5. The van der Waals surface area contributed by atoms with Crippen LogP contribution in [0.1, 0.15) is 0 Å². The van der Waals surface area contributed by atoms with Crippen molar-refractivity contribution in [3.8, 4) is 0 Å². The fourth-order valence-electron chi connectivity index (χ4n) is 0.129. The van der Waals surface area contributed by atoms with Crippen molar-refractivity contribution < 1.29 is 22.5 Å². The lowest BCUT2D eigenvalue weighted by Gasteiger charge is -1.90. The van der Waals surface area contributed by atoms with E-state index in [-0.39, 0.29) is 0 Å². The molecule has 0 aliphatic carbocycles. The van der Waals surface area contributed by atoms with Gasteiger partial charge in [0.15, 0.2) is 0 Å². The van der Waals surface area contributed by atoms with Crippen LogP contribution in [0, 0.1) is 0 Å². The van der Waals surface area contributed by atoms with Gasteiger partial charge in [-0.25, -0.2) is 4.79 Å². The van der Waals surface area contributed by atoms with Crippen LogP contribution in [-0.2, 0) is 14.3 Å². The second kappa shape index (κ2) is 1.99. The molecule has 0 saturated carbocycles. The molecule has 0 saturated heterocycles. The smallest absolute Gasteiger partial charge is 0.449 e. The summed E-state index contributed by atoms with van der Waals surface area (Å²) in [5, 5.41) is 7.65. The third-order valence-electron chi connectivity index (χ3n) is 0.223. The van der Waals surface area contributed by atoms with Crippen LogP contribution < -0.4 is 0 Å². The molecule has 0 spiro atoms. The number of carbonyl (C=O) groups is 1. The molecular formula is C2H4O5S. The van der Waals surface area contributed by atoms with Gasteiger partial charge in [-0.05, 0) is 0 Å². The molecule has 0 aliphatic rings. The zero-order valence-corrected chi connectivity index (χ0v) is 4.80. The van der Waals surface area contributed by atoms with Crippen LogP contribution in [-0.4, -0.2) is 25.9 Å². The third-order valence-corrected chi connectivity index (χ3v) is 0.668. The molecule has 0 unspecified atom stereocenters. The quantitative estimate of drug-likeness (QED) is 0.503. The van der Waals surface area contributed by atoms with E-state index >= 15 is 0 Å². The molecule has 0 aliphatic heterocycles. The van der Waals surface area contributed by atoms with Gasteiger partial charge in [-0.2, -0.15) is 8.42 Å². The predicted molar refractivity (Wildman–Crippen MR) is 24.0 cm³/mol. The summed E-state index contributed by atoms with van der Waals surface area (Å²) < 4.78 is 23.0. The highest BCUT2D eigenvalue weighted by Gasteiger charge is 2.06. The van der Waals surface area contributed by atoms with Crippen molar-refractivity contribution in [1.29, 1.82) is 0 Å². The van der Waals surface area contributed by atoms with Gasteiger partial charge in [0.25, 0.3) is 0 Å². The first-order valence-electron chi connectivity index (χ1n) is 1.54. The van der Waals surface area contributed by atoms with E-state index in [1.165, 1.54) is 0 Å². The van der Waals surface area contributed by atoms with Crippen molar-refractivity contribution in [2.24, 2.45) is 0 Å². The monoisotopic (exact) mass is 140 g/mol. The first-order valence-corrected chi connectivity index (χ1v) is 3.36. The highest BCUT2D eigenvalue weighted by atomic mass is 32.2. The van der Waals surface area contributed by atoms with Crippen molar-refractivity contribution >= 4 is 16.3 Å². The fraction of sp³-hybridized carbons (Fsp3) is 0.500. The lowest BCUT2D eigenvalue weighted by Crippen LogP contribution is -2.07. The molecule has 5 nitrogen and oxygen atoms in total. The maximum absolute atomic E-state index is 9.84. The Morgan fingerprint density at radius 3 is 2.00 bits per heavy atom. The summed E-state index contributed by atoms with van der Waals surface area (Å²) in [6.45, 7) is 0. The summed E-state index contributed by atoms with van der Waals surface area (Å²) >= 11 is 0. The third kappa shape index (κ3) is 5.22. The van der Waals surface area contributed by atoms with Gasteiger partial charge in [0, 0.05) is 0 Å². The molecule has 0 aromatic heterocycles. The predicted octanol–water partition coefficient (Wildman–Crippen LogP) is -0.359. The molecule has 1 N–H and O–H groups in total. The molecule has 0 aromatic rings. The van der Waals surface area contributed by atoms with Crippen molar-refractivity contribution in [2.75, 3.05) is 6.26 Å². The van der Waals surface area contributed by atoms with Crippen LogP contribution >= 0.6 is 0 Å². The highest BCUT2D eigenvalue weighted by Crippen LogP contribution is 1.84. The molecule has 0 bridgehead atoms. The summed E-state index contributed by atoms with van der Waals surface area (Å²) in [4.78, 5) is 9.41. The summed E-state index contributed by atoms with van der Waals surface area (Å²) in [5.41, 5.74) is 0. The largest absolute Gasteiger partial charge is 0.521 e. The van der Waals surface area contributed by atoms with Gasteiger partial charge in [0.2, 0.25) is 0 Å². The van der Waals surface area contributed by atoms with E-state index in [0.29, 0.717) is 6.26 Å². The van der Waals surface area contributed by atoms with E-state index in [1.807, 2.05) is 0 Å². The zero-order valence-electron chi connectivity index (χ0n) is 3.99. The van der Waals surface area contributed by atoms with Crippen molar-refractivity contribution in [3.05, 3.63) is 0 Å². The molecule has 0 fully saturated rings. The van der Waals surface area contributed by atoms with Gasteiger partial charge in [0.05, 0.1) is 6.26 Å². The lowest BCUT2D eigenvalue weighted by molar-refractivity contribution is 0.147. The SMILES string of the molecule is CS(=O)(=O)OC(=O)O. The normalized spacial score (nSPS) is 10.6. The second-order valence-corrected chi connectivity index (χ2v) is 2.63. The summed E-state index contributed by atoms with van der Waals surface area (Å²) in [6, 6.07) is 0. The van der Waals surface area contributed by atoms with Crippen LogP contribution in [0.3, 0.4) is 0 Å². The van der Waals surface area contributed by atoms with E-state index in [0.717, 1.165) is 0 Å². The average Bonchev–Trinajstić information content (AvgIpc) is 1.21. The standard InChI is InChI=1S/C2H4O5S/c1-8(5,6)7-2(3)4/h1H3,(H,3,4). The van der Waals surface area contributed by atoms with Crippen molar-refractivity contribution in [3.63, 3.8) is 0 Å². The Kier molecular flexibility index (Phi) is 1.80. The molecule has 0 amide bonds. The zero-order chi connectivity index (χ0) is 6.78. The molecule has 8 heavy (non-hydrogen) atoms. The molecule has 48 valence electrons. The van der Waals surface area contributed by atoms with Gasteiger partial charge in [-0.15, -0.1) is 0 Å². The minimum absolute atomic E-state index is 0.654. The highest BCUT2D eigenvalue weighted by molar-refractivity contribution is 7.86. The Morgan fingerprint density at radius 1 is 1.62 bits per heavy atom. The number of hydrogen-bond donors (Lipinski definition) is 1. The molecular weight excluding hydrogens is 136 g/mol. The van der Waals surface area contributed by atoms with E-state index in [9.17, 15) is 13.2 Å². The maximum atomic E-state index is 9.84. The van der Waals surface area contributed by atoms with Crippen LogP contribution in [0.4, 0.5) is 4.79 Å². The average molecular weight is 140 g/mol. The van der Waals surface area contributed by atoms with E-state index in [4.69, 9.17) is 5.11 Å². The molecule has 0 rings (SSSR count). The van der Waals surface area contributed by atoms with Gasteiger partial charge < -0.3 is 9.29 Å². The Balaban J connectivity index is 3.95. The van der Waals surface area contributed by atoms with Gasteiger partial charge in [0.1, 0.15) is 0 Å². The van der Waals surface area contributed by atoms with Crippen molar-refractivity contribution in [1.82, 2.24) is 0 Å². The molecule has 0 radical (unpaired) electrons. The first-order chi connectivity index (χ1) is 3.42. The van der Waals surface area contributed by atoms with E-state index in [2.05, 4.69) is 4.18 Å².